The topological polar surface area (TPSA) is 55.8 Å². The van der Waals surface area contributed by atoms with Crippen LogP contribution in [0.25, 0.3) is 0 Å². The van der Waals surface area contributed by atoms with Crippen LogP contribution in [0.2, 0.25) is 0 Å². The second-order valence-electron chi connectivity index (χ2n) is 10.4. The van der Waals surface area contributed by atoms with Crippen molar-refractivity contribution < 1.29 is 47.8 Å². The summed E-state index contributed by atoms with van der Waals surface area (Å²) in [6.07, 6.45) is 3.97. The molecule has 8 heteroatoms. The number of rotatable bonds is 10. The minimum absolute atomic E-state index is 0. The second-order valence-corrected chi connectivity index (χ2v) is 12.2. The van der Waals surface area contributed by atoms with Crippen molar-refractivity contribution in [2.24, 2.45) is 11.8 Å². The van der Waals surface area contributed by atoms with Crippen LogP contribution in [-0.4, -0.2) is 55.0 Å². The number of benzene rings is 1. The third-order valence-electron chi connectivity index (χ3n) is 7.81. The number of carbonyl (C=O) groups is 1. The number of ether oxygens (including phenoxy) is 2. The summed E-state index contributed by atoms with van der Waals surface area (Å²) in [5, 5.41) is 15.4. The summed E-state index contributed by atoms with van der Waals surface area (Å²) in [6, 6.07) is 17.8. The summed E-state index contributed by atoms with van der Waals surface area (Å²) in [6.45, 7) is 1.71. The van der Waals surface area contributed by atoms with Crippen LogP contribution >= 0.6 is 22.7 Å². The van der Waals surface area contributed by atoms with Gasteiger partial charge in [-0.2, -0.15) is 0 Å². The van der Waals surface area contributed by atoms with Gasteiger partial charge in [0.1, 0.15) is 11.9 Å². The van der Waals surface area contributed by atoms with E-state index in [-0.39, 0.29) is 30.1 Å². The van der Waals surface area contributed by atoms with E-state index < -0.39 is 11.6 Å². The lowest BCUT2D eigenvalue weighted by Gasteiger charge is -2.39. The highest BCUT2D eigenvalue weighted by atomic mass is 127. The second kappa shape index (κ2) is 11.5. The van der Waals surface area contributed by atoms with Crippen molar-refractivity contribution in [2.45, 2.75) is 43.4 Å². The molecular formula is C28H34INO4S2. The largest absolute Gasteiger partial charge is 1.00 e. The number of quaternary nitrogens is 1. The minimum atomic E-state index is -1.74. The van der Waals surface area contributed by atoms with E-state index in [1.165, 1.54) is 29.1 Å². The first-order valence-electron chi connectivity index (χ1n) is 12.4. The Morgan fingerprint density at radius 3 is 2.31 bits per heavy atom. The highest BCUT2D eigenvalue weighted by Crippen LogP contribution is 2.51. The van der Waals surface area contributed by atoms with Crippen LogP contribution in [-0.2, 0) is 15.1 Å². The molecule has 4 atom stereocenters. The molecule has 2 saturated carbocycles. The number of aliphatic hydroxyl groups is 1. The number of esters is 1. The van der Waals surface area contributed by atoms with E-state index in [0.717, 1.165) is 36.0 Å². The van der Waals surface area contributed by atoms with Gasteiger partial charge < -0.3 is 43.0 Å². The highest BCUT2D eigenvalue weighted by Gasteiger charge is 2.58. The minimum Gasteiger partial charge on any atom is -1.00 e. The molecule has 2 aliphatic carbocycles. The van der Waals surface area contributed by atoms with Crippen LogP contribution in [0.5, 0.6) is 5.75 Å². The molecule has 194 valence electrons. The van der Waals surface area contributed by atoms with Crippen molar-refractivity contribution >= 4 is 28.6 Å². The van der Waals surface area contributed by atoms with Gasteiger partial charge in [0.05, 0.1) is 43.0 Å². The Morgan fingerprint density at radius 2 is 1.69 bits per heavy atom. The van der Waals surface area contributed by atoms with Crippen LogP contribution in [0, 0.1) is 11.8 Å². The SMILES string of the molecule is C[N+](C)(CCCOc1ccccc1)C1C2CCC1C(OC(=O)C(O)(c1cccs1)c1cccs1)C2.[I-]. The van der Waals surface area contributed by atoms with Gasteiger partial charge in [0, 0.05) is 18.3 Å². The molecule has 3 aromatic rings. The van der Waals surface area contributed by atoms with Gasteiger partial charge in [-0.1, -0.05) is 30.3 Å². The molecule has 36 heavy (non-hydrogen) atoms. The zero-order valence-corrected chi connectivity index (χ0v) is 24.5. The Hall–Kier alpha value is -1.46. The average Bonchev–Trinajstić information content (AvgIpc) is 3.66. The standard InChI is InChI=1S/C28H34NO4S2.HI/c1-29(2,15-8-16-32-21-9-4-3-5-10-21)26-20-13-14-22(26)23(19-20)33-27(30)28(31,24-11-6-17-34-24)25-12-7-18-35-25;/h3-7,9-12,17-18,20,22-23,26,31H,8,13-16,19H2,1-2H3;1H/q+1;/p-1. The first-order chi connectivity index (χ1) is 16.9. The fourth-order valence-electron chi connectivity index (χ4n) is 6.30. The van der Waals surface area contributed by atoms with Gasteiger partial charge in [-0.3, -0.25) is 0 Å². The van der Waals surface area contributed by atoms with Gasteiger partial charge >= 0.3 is 5.97 Å². The summed E-state index contributed by atoms with van der Waals surface area (Å²) in [5.41, 5.74) is -1.74. The lowest BCUT2D eigenvalue weighted by Crippen LogP contribution is -3.00. The molecule has 0 aliphatic heterocycles. The zero-order chi connectivity index (χ0) is 24.5. The quantitative estimate of drug-likeness (QED) is 0.160. The third-order valence-corrected chi connectivity index (χ3v) is 9.77. The summed E-state index contributed by atoms with van der Waals surface area (Å²) in [7, 11) is 4.60. The summed E-state index contributed by atoms with van der Waals surface area (Å²) in [5.74, 6) is 1.24. The number of para-hydroxylation sites is 1. The molecule has 1 N–H and O–H groups in total. The van der Waals surface area contributed by atoms with Crippen molar-refractivity contribution in [2.75, 3.05) is 27.2 Å². The van der Waals surface area contributed by atoms with E-state index in [0.29, 0.717) is 34.2 Å². The maximum absolute atomic E-state index is 13.5. The molecule has 2 aromatic heterocycles. The van der Waals surface area contributed by atoms with E-state index in [9.17, 15) is 9.90 Å². The van der Waals surface area contributed by atoms with E-state index in [1.807, 2.05) is 65.4 Å². The predicted octanol–water partition coefficient (Wildman–Crippen LogP) is 2.31. The van der Waals surface area contributed by atoms with Crippen LogP contribution in [0.3, 0.4) is 0 Å². The molecule has 2 bridgehead atoms. The summed E-state index contributed by atoms with van der Waals surface area (Å²) < 4.78 is 13.0. The van der Waals surface area contributed by atoms with Crippen molar-refractivity contribution in [3.63, 3.8) is 0 Å². The van der Waals surface area contributed by atoms with Crippen LogP contribution < -0.4 is 28.7 Å². The number of nitrogens with zero attached hydrogens (tertiary/aromatic N) is 1. The zero-order valence-electron chi connectivity index (χ0n) is 20.7. The summed E-state index contributed by atoms with van der Waals surface area (Å²) >= 11 is 2.77. The molecule has 2 heterocycles. The first kappa shape index (κ1) is 27.6. The van der Waals surface area contributed by atoms with Gasteiger partial charge in [-0.15, -0.1) is 22.7 Å². The smallest absolute Gasteiger partial charge is 0.349 e. The lowest BCUT2D eigenvalue weighted by molar-refractivity contribution is -0.919. The Balaban J connectivity index is 0.00000304. The van der Waals surface area contributed by atoms with Gasteiger partial charge in [0.25, 0.3) is 0 Å². The van der Waals surface area contributed by atoms with Gasteiger partial charge in [0.15, 0.2) is 0 Å². The molecule has 5 rings (SSSR count). The Labute approximate surface area is 238 Å². The predicted molar refractivity (Wildman–Crippen MR) is 140 cm³/mol. The number of carbonyl (C=O) groups excluding carboxylic acids is 1. The molecule has 0 amide bonds. The van der Waals surface area contributed by atoms with Crippen LogP contribution in [0.15, 0.2) is 65.4 Å². The van der Waals surface area contributed by atoms with E-state index >= 15 is 0 Å². The molecule has 5 nitrogen and oxygen atoms in total. The molecular weight excluding hydrogens is 605 g/mol. The van der Waals surface area contributed by atoms with Crippen molar-refractivity contribution in [1.29, 1.82) is 0 Å². The van der Waals surface area contributed by atoms with Crippen molar-refractivity contribution in [3.05, 3.63) is 75.1 Å². The van der Waals surface area contributed by atoms with Crippen LogP contribution in [0.1, 0.15) is 35.4 Å². The lowest BCUT2D eigenvalue weighted by atomic mass is 9.96. The molecule has 0 spiro atoms. The molecule has 0 saturated heterocycles. The Bertz CT molecular complexity index is 1070. The fourth-order valence-corrected chi connectivity index (χ4v) is 8.01. The average molecular weight is 640 g/mol. The molecule has 2 aliphatic rings. The van der Waals surface area contributed by atoms with Crippen molar-refractivity contribution in [1.82, 2.24) is 0 Å². The monoisotopic (exact) mass is 639 g/mol. The van der Waals surface area contributed by atoms with Crippen molar-refractivity contribution in [3.8, 4) is 5.75 Å². The fraction of sp³-hybridized carbons (Fsp3) is 0.464. The Kier molecular flexibility index (Phi) is 8.82. The number of hydrogen-bond acceptors (Lipinski definition) is 6. The summed E-state index contributed by atoms with van der Waals surface area (Å²) in [4.78, 5) is 14.7. The Morgan fingerprint density at radius 1 is 1.03 bits per heavy atom. The molecule has 2 fully saturated rings. The van der Waals surface area contributed by atoms with E-state index in [1.54, 1.807) is 0 Å². The van der Waals surface area contributed by atoms with Gasteiger partial charge in [-0.25, -0.2) is 4.79 Å². The maximum atomic E-state index is 13.5. The highest BCUT2D eigenvalue weighted by molar-refractivity contribution is 7.12. The normalized spacial score (nSPS) is 23.3. The third kappa shape index (κ3) is 5.38. The number of fused-ring (bicyclic) bond motifs is 2. The van der Waals surface area contributed by atoms with E-state index in [4.69, 9.17) is 9.47 Å². The molecule has 1 aromatic carbocycles. The van der Waals surface area contributed by atoms with Gasteiger partial charge in [-0.05, 0) is 54.3 Å². The number of halogens is 1. The molecule has 0 radical (unpaired) electrons. The number of hydrogen-bond donors (Lipinski definition) is 1. The first-order valence-corrected chi connectivity index (χ1v) is 14.2. The van der Waals surface area contributed by atoms with Crippen LogP contribution in [0.4, 0.5) is 0 Å². The maximum Gasteiger partial charge on any atom is 0.349 e. The van der Waals surface area contributed by atoms with Gasteiger partial charge in [0.2, 0.25) is 5.60 Å². The van der Waals surface area contributed by atoms with E-state index in [2.05, 4.69) is 14.1 Å². The number of thiophene rings is 2. The molecule has 4 unspecified atom stereocenters.